The van der Waals surface area contributed by atoms with E-state index in [2.05, 4.69) is 9.97 Å². The number of piperazine rings is 1. The zero-order valence-corrected chi connectivity index (χ0v) is 9.99. The molecule has 5 nitrogen and oxygen atoms in total. The van der Waals surface area contributed by atoms with Crippen molar-refractivity contribution in [1.29, 1.82) is 0 Å². The third kappa shape index (κ3) is 3.66. The fourth-order valence-corrected chi connectivity index (χ4v) is 1.96. The lowest BCUT2D eigenvalue weighted by Crippen LogP contribution is -2.49. The number of nitrogens with zero attached hydrogens (tertiary/aromatic N) is 4. The zero-order valence-electron chi connectivity index (χ0n) is 9.99. The molecule has 0 unspecified atom stereocenters. The average molecular weight is 279 g/mol. The first-order valence-electron chi connectivity index (χ1n) is 5.67. The number of hydrogen-bond acceptors (Lipinski definition) is 5. The number of nitrogen functional groups attached to an aromatic ring is 1. The van der Waals surface area contributed by atoms with Crippen LogP contribution in [0.3, 0.4) is 0 Å². The monoisotopic (exact) mass is 279 g/mol. The van der Waals surface area contributed by atoms with Gasteiger partial charge in [0, 0.05) is 26.2 Å². The van der Waals surface area contributed by atoms with Crippen molar-refractivity contribution in [1.82, 2.24) is 14.9 Å². The molecule has 0 radical (unpaired) electrons. The topological polar surface area (TPSA) is 58.3 Å². The molecule has 0 atom stereocenters. The molecule has 1 aliphatic rings. The highest BCUT2D eigenvalue weighted by molar-refractivity contribution is 5.42. The summed E-state index contributed by atoms with van der Waals surface area (Å²) in [5.74, 6) is -0.647. The summed E-state index contributed by atoms with van der Waals surface area (Å²) in [4.78, 5) is 10.1. The van der Waals surface area contributed by atoms with Crippen molar-refractivity contribution in [2.24, 2.45) is 0 Å². The lowest BCUT2D eigenvalue weighted by Gasteiger charge is -2.35. The van der Waals surface area contributed by atoms with Crippen molar-refractivity contribution in [3.63, 3.8) is 0 Å². The fraction of sp³-hybridized carbons (Fsp3) is 0.600. The molecule has 2 heterocycles. The van der Waals surface area contributed by atoms with E-state index in [9.17, 15) is 17.6 Å². The molecule has 2 rings (SSSR count). The summed E-state index contributed by atoms with van der Waals surface area (Å²) in [6.07, 6.45) is -3.26. The Bertz CT molecular complexity index is 442. The Morgan fingerprint density at radius 3 is 2.42 bits per heavy atom. The van der Waals surface area contributed by atoms with Crippen molar-refractivity contribution in [3.8, 4) is 0 Å². The van der Waals surface area contributed by atoms with Crippen LogP contribution in [-0.2, 0) is 0 Å². The quantitative estimate of drug-likeness (QED) is 0.814. The Balaban J connectivity index is 1.98. The first-order chi connectivity index (χ1) is 8.85. The van der Waals surface area contributed by atoms with Crippen LogP contribution < -0.4 is 10.6 Å². The third-order valence-electron chi connectivity index (χ3n) is 2.82. The Morgan fingerprint density at radius 2 is 1.84 bits per heavy atom. The number of alkyl halides is 3. The molecule has 2 N–H and O–H groups in total. The van der Waals surface area contributed by atoms with E-state index in [1.807, 2.05) is 0 Å². The van der Waals surface area contributed by atoms with Gasteiger partial charge in [-0.25, -0.2) is 9.37 Å². The highest BCUT2D eigenvalue weighted by Crippen LogP contribution is 2.21. The number of hydrogen-bond donors (Lipinski definition) is 1. The average Bonchev–Trinajstić information content (AvgIpc) is 2.31. The highest BCUT2D eigenvalue weighted by atomic mass is 19.4. The van der Waals surface area contributed by atoms with Crippen molar-refractivity contribution in [3.05, 3.63) is 12.0 Å². The Morgan fingerprint density at radius 1 is 1.21 bits per heavy atom. The van der Waals surface area contributed by atoms with Crippen LogP contribution in [0.5, 0.6) is 0 Å². The van der Waals surface area contributed by atoms with E-state index in [1.54, 1.807) is 4.90 Å². The predicted octanol–water partition coefficient (Wildman–Crippen LogP) is 0.882. The first kappa shape index (κ1) is 13.8. The highest BCUT2D eigenvalue weighted by Gasteiger charge is 2.32. The molecule has 1 aliphatic heterocycles. The molecular weight excluding hydrogens is 266 g/mol. The summed E-state index contributed by atoms with van der Waals surface area (Å²) in [6, 6.07) is 0. The van der Waals surface area contributed by atoms with Gasteiger partial charge in [0.2, 0.25) is 5.95 Å². The summed E-state index contributed by atoms with van der Waals surface area (Å²) >= 11 is 0. The number of nitrogens with two attached hydrogens (primary N) is 1. The van der Waals surface area contributed by atoms with Gasteiger partial charge in [0.25, 0.3) is 0 Å². The smallest absolute Gasteiger partial charge is 0.368 e. The number of halogens is 4. The number of aromatic nitrogens is 2. The molecule has 1 fully saturated rings. The Labute approximate surface area is 107 Å². The molecule has 0 spiro atoms. The van der Waals surface area contributed by atoms with Gasteiger partial charge < -0.3 is 10.6 Å². The minimum atomic E-state index is -4.22. The molecule has 0 bridgehead atoms. The van der Waals surface area contributed by atoms with Gasteiger partial charge in [0.15, 0.2) is 11.6 Å². The Kier molecular flexibility index (Phi) is 3.74. The number of anilines is 2. The normalized spacial score (nSPS) is 17.8. The Hall–Kier alpha value is -1.64. The van der Waals surface area contributed by atoms with Crippen LogP contribution in [0.15, 0.2) is 6.20 Å². The molecule has 1 aromatic heterocycles. The van der Waals surface area contributed by atoms with E-state index in [4.69, 9.17) is 5.73 Å². The van der Waals surface area contributed by atoms with Crippen LogP contribution >= 0.6 is 0 Å². The van der Waals surface area contributed by atoms with Crippen LogP contribution in [0.25, 0.3) is 0 Å². The van der Waals surface area contributed by atoms with Gasteiger partial charge in [-0.1, -0.05) is 0 Å². The third-order valence-corrected chi connectivity index (χ3v) is 2.82. The molecule has 0 amide bonds. The summed E-state index contributed by atoms with van der Waals surface area (Å²) in [5, 5.41) is 0. The van der Waals surface area contributed by atoms with Crippen LogP contribution in [0.1, 0.15) is 0 Å². The molecule has 0 aliphatic carbocycles. The van der Waals surface area contributed by atoms with Gasteiger partial charge in [0.1, 0.15) is 0 Å². The zero-order chi connectivity index (χ0) is 14.0. The molecule has 0 aromatic carbocycles. The number of rotatable bonds is 2. The minimum absolute atomic E-state index is 0.0409. The molecular formula is C10H13F4N5. The summed E-state index contributed by atoms with van der Waals surface area (Å²) in [6.45, 7) is -0.0200. The molecule has 106 valence electrons. The van der Waals surface area contributed by atoms with E-state index in [-0.39, 0.29) is 37.9 Å². The van der Waals surface area contributed by atoms with Gasteiger partial charge in [-0.3, -0.25) is 4.90 Å². The van der Waals surface area contributed by atoms with Crippen molar-refractivity contribution >= 4 is 11.8 Å². The summed E-state index contributed by atoms with van der Waals surface area (Å²) < 4.78 is 50.2. The summed E-state index contributed by atoms with van der Waals surface area (Å²) in [5.41, 5.74) is 5.37. The first-order valence-corrected chi connectivity index (χ1v) is 5.67. The second-order valence-electron chi connectivity index (χ2n) is 4.28. The molecule has 1 aromatic rings. The lowest BCUT2D eigenvalue weighted by molar-refractivity contribution is -0.146. The van der Waals surface area contributed by atoms with Crippen LogP contribution in [0.4, 0.5) is 29.3 Å². The van der Waals surface area contributed by atoms with E-state index >= 15 is 0 Å². The van der Waals surface area contributed by atoms with Gasteiger partial charge in [-0.05, 0) is 0 Å². The lowest BCUT2D eigenvalue weighted by atomic mass is 10.3. The van der Waals surface area contributed by atoms with Gasteiger partial charge in [0.05, 0.1) is 12.7 Å². The largest absolute Gasteiger partial charge is 0.401 e. The standard InChI is InChI=1S/C10H13F4N5/c11-7-5-16-9(15)17-8(7)19-3-1-18(2-4-19)6-10(12,13)14/h5H,1-4,6H2,(H2,15,16,17). The van der Waals surface area contributed by atoms with E-state index < -0.39 is 18.5 Å². The van der Waals surface area contributed by atoms with Crippen LogP contribution in [0, 0.1) is 5.82 Å². The molecule has 1 saturated heterocycles. The van der Waals surface area contributed by atoms with Gasteiger partial charge >= 0.3 is 6.18 Å². The van der Waals surface area contributed by atoms with Gasteiger partial charge in [-0.15, -0.1) is 0 Å². The van der Waals surface area contributed by atoms with Crippen LogP contribution in [-0.4, -0.2) is 53.8 Å². The summed E-state index contributed by atoms with van der Waals surface area (Å²) in [7, 11) is 0. The van der Waals surface area contributed by atoms with Crippen LogP contribution in [0.2, 0.25) is 0 Å². The predicted molar refractivity (Wildman–Crippen MR) is 61.1 cm³/mol. The maximum atomic E-state index is 13.5. The van der Waals surface area contributed by atoms with Gasteiger partial charge in [-0.2, -0.15) is 18.2 Å². The second kappa shape index (κ2) is 5.16. The maximum Gasteiger partial charge on any atom is 0.401 e. The van der Waals surface area contributed by atoms with E-state index in [0.29, 0.717) is 0 Å². The SMILES string of the molecule is Nc1ncc(F)c(N2CCN(CC(F)(F)F)CC2)n1. The molecule has 0 saturated carbocycles. The van der Waals surface area contributed by atoms with E-state index in [0.717, 1.165) is 6.20 Å². The van der Waals surface area contributed by atoms with E-state index in [1.165, 1.54) is 4.90 Å². The second-order valence-corrected chi connectivity index (χ2v) is 4.28. The van der Waals surface area contributed by atoms with Crippen molar-refractivity contribution < 1.29 is 17.6 Å². The minimum Gasteiger partial charge on any atom is -0.368 e. The molecule has 19 heavy (non-hydrogen) atoms. The molecule has 9 heteroatoms. The van der Waals surface area contributed by atoms with Crippen molar-refractivity contribution in [2.75, 3.05) is 43.4 Å². The fourth-order valence-electron chi connectivity index (χ4n) is 1.96. The van der Waals surface area contributed by atoms with Crippen molar-refractivity contribution in [2.45, 2.75) is 6.18 Å². The maximum absolute atomic E-state index is 13.5.